The van der Waals surface area contributed by atoms with Crippen LogP contribution in [-0.4, -0.2) is 63.4 Å². The summed E-state index contributed by atoms with van der Waals surface area (Å²) in [6, 6.07) is 1.61. The highest BCUT2D eigenvalue weighted by Gasteiger charge is 2.17. The predicted octanol–water partition coefficient (Wildman–Crippen LogP) is 1.51. The molecule has 0 aliphatic carbocycles. The van der Waals surface area contributed by atoms with Crippen molar-refractivity contribution in [1.29, 1.82) is 0 Å². The van der Waals surface area contributed by atoms with E-state index in [2.05, 4.69) is 10.3 Å². The molecule has 0 saturated carbocycles. The van der Waals surface area contributed by atoms with Crippen molar-refractivity contribution >= 4 is 23.3 Å². The maximum atomic E-state index is 12.4. The minimum Gasteiger partial charge on any atom is -0.383 e. The number of halogens is 1. The lowest BCUT2D eigenvalue weighted by atomic mass is 10.2. The zero-order valence-corrected chi connectivity index (χ0v) is 12.7. The molecule has 1 amide bonds. The maximum absolute atomic E-state index is 12.4. The van der Waals surface area contributed by atoms with Crippen LogP contribution in [0.25, 0.3) is 0 Å². The molecule has 7 heteroatoms. The van der Waals surface area contributed by atoms with Gasteiger partial charge in [0.1, 0.15) is 5.82 Å². The van der Waals surface area contributed by atoms with Crippen LogP contribution >= 0.6 is 11.6 Å². The first-order chi connectivity index (χ1) is 9.63. The van der Waals surface area contributed by atoms with E-state index in [1.807, 2.05) is 0 Å². The summed E-state index contributed by atoms with van der Waals surface area (Å²) in [6.07, 6.45) is 1.51. The van der Waals surface area contributed by atoms with Crippen LogP contribution in [0.1, 0.15) is 10.4 Å². The third-order valence-electron chi connectivity index (χ3n) is 2.74. The molecule has 0 atom stereocenters. The first-order valence-corrected chi connectivity index (χ1v) is 6.62. The molecular weight excluding hydrogens is 282 g/mol. The summed E-state index contributed by atoms with van der Waals surface area (Å²) in [4.78, 5) is 18.2. The number of amides is 1. The number of ether oxygens (including phenoxy) is 2. The molecule has 6 nitrogen and oxygen atoms in total. The van der Waals surface area contributed by atoms with Gasteiger partial charge in [-0.25, -0.2) is 4.98 Å². The second-order valence-electron chi connectivity index (χ2n) is 4.08. The van der Waals surface area contributed by atoms with Crippen LogP contribution in [0.3, 0.4) is 0 Å². The first-order valence-electron chi connectivity index (χ1n) is 6.24. The molecule has 0 fully saturated rings. The molecule has 0 aromatic carbocycles. The van der Waals surface area contributed by atoms with Crippen molar-refractivity contribution < 1.29 is 14.3 Å². The third kappa shape index (κ3) is 4.63. The number of methoxy groups -OCH3 is 2. The van der Waals surface area contributed by atoms with Crippen molar-refractivity contribution in [2.75, 3.05) is 52.9 Å². The van der Waals surface area contributed by atoms with Gasteiger partial charge in [0, 0.05) is 40.6 Å². The molecule has 0 unspecified atom stereocenters. The number of rotatable bonds is 8. The molecule has 1 aromatic heterocycles. The average Bonchev–Trinajstić information content (AvgIpc) is 2.46. The van der Waals surface area contributed by atoms with Crippen LogP contribution in [0.4, 0.5) is 5.82 Å². The number of nitrogens with zero attached hydrogens (tertiary/aromatic N) is 2. The van der Waals surface area contributed by atoms with Gasteiger partial charge in [0.15, 0.2) is 0 Å². The Kier molecular flexibility index (Phi) is 7.28. The van der Waals surface area contributed by atoms with Crippen molar-refractivity contribution in [2.24, 2.45) is 0 Å². The van der Waals surface area contributed by atoms with E-state index in [-0.39, 0.29) is 5.91 Å². The van der Waals surface area contributed by atoms with E-state index in [0.717, 1.165) is 0 Å². The van der Waals surface area contributed by atoms with Crippen molar-refractivity contribution in [1.82, 2.24) is 9.88 Å². The fourth-order valence-electron chi connectivity index (χ4n) is 1.64. The van der Waals surface area contributed by atoms with E-state index in [1.165, 1.54) is 6.20 Å². The highest BCUT2D eigenvalue weighted by Crippen LogP contribution is 2.20. The monoisotopic (exact) mass is 301 g/mol. The zero-order valence-electron chi connectivity index (χ0n) is 12.0. The summed E-state index contributed by atoms with van der Waals surface area (Å²) in [6.45, 7) is 1.91. The number of carbonyl (C=O) groups is 1. The molecule has 0 radical (unpaired) electrons. The molecule has 1 rings (SSSR count). The maximum Gasteiger partial charge on any atom is 0.255 e. The molecule has 1 N–H and O–H groups in total. The molecular formula is C13H20ClN3O3. The number of hydrogen-bond donors (Lipinski definition) is 1. The largest absolute Gasteiger partial charge is 0.383 e. The molecule has 0 aliphatic rings. The Morgan fingerprint density at radius 3 is 2.40 bits per heavy atom. The first kappa shape index (κ1) is 16.7. The van der Waals surface area contributed by atoms with Crippen LogP contribution in [-0.2, 0) is 9.47 Å². The Morgan fingerprint density at radius 2 is 1.95 bits per heavy atom. The summed E-state index contributed by atoms with van der Waals surface area (Å²) < 4.78 is 10.0. The van der Waals surface area contributed by atoms with E-state index in [9.17, 15) is 4.79 Å². The van der Waals surface area contributed by atoms with Gasteiger partial charge in [-0.1, -0.05) is 11.6 Å². The average molecular weight is 302 g/mol. The van der Waals surface area contributed by atoms with Crippen LogP contribution in [0, 0.1) is 0 Å². The molecule has 0 aliphatic heterocycles. The van der Waals surface area contributed by atoms with Crippen molar-refractivity contribution in [3.63, 3.8) is 0 Å². The van der Waals surface area contributed by atoms with Gasteiger partial charge in [-0.05, 0) is 6.07 Å². The van der Waals surface area contributed by atoms with E-state index < -0.39 is 0 Å². The number of nitrogens with one attached hydrogen (secondary N) is 1. The van der Waals surface area contributed by atoms with Gasteiger partial charge in [-0.3, -0.25) is 4.79 Å². The number of aromatic nitrogens is 1. The summed E-state index contributed by atoms with van der Waals surface area (Å²) in [5, 5.41) is 3.26. The Morgan fingerprint density at radius 1 is 1.35 bits per heavy atom. The molecule has 0 bridgehead atoms. The van der Waals surface area contributed by atoms with Crippen molar-refractivity contribution in [3.05, 3.63) is 22.8 Å². The minimum absolute atomic E-state index is 0.142. The van der Waals surface area contributed by atoms with Crippen LogP contribution in [0.5, 0.6) is 0 Å². The van der Waals surface area contributed by atoms with E-state index in [0.29, 0.717) is 42.7 Å². The van der Waals surface area contributed by atoms with Gasteiger partial charge in [0.2, 0.25) is 0 Å². The molecule has 1 aromatic rings. The van der Waals surface area contributed by atoms with Gasteiger partial charge < -0.3 is 19.7 Å². The number of anilines is 1. The molecule has 20 heavy (non-hydrogen) atoms. The Labute approximate surface area is 124 Å². The normalized spacial score (nSPS) is 10.4. The quantitative estimate of drug-likeness (QED) is 0.788. The van der Waals surface area contributed by atoms with Crippen LogP contribution < -0.4 is 5.32 Å². The summed E-state index contributed by atoms with van der Waals surface area (Å²) in [5.41, 5.74) is 0.446. The number of hydrogen-bond acceptors (Lipinski definition) is 5. The second-order valence-corrected chi connectivity index (χ2v) is 4.49. The van der Waals surface area contributed by atoms with Crippen molar-refractivity contribution in [3.8, 4) is 0 Å². The van der Waals surface area contributed by atoms with Crippen molar-refractivity contribution in [2.45, 2.75) is 0 Å². The SMILES string of the molecule is CNc1ncc(C(=O)N(CCOC)CCOC)cc1Cl. The molecule has 112 valence electrons. The lowest BCUT2D eigenvalue weighted by molar-refractivity contribution is 0.0627. The third-order valence-corrected chi connectivity index (χ3v) is 3.03. The van der Waals surface area contributed by atoms with E-state index >= 15 is 0 Å². The molecule has 0 saturated heterocycles. The smallest absolute Gasteiger partial charge is 0.255 e. The van der Waals surface area contributed by atoms with Gasteiger partial charge >= 0.3 is 0 Å². The topological polar surface area (TPSA) is 63.7 Å². The molecule has 0 spiro atoms. The van der Waals surface area contributed by atoms with E-state index in [4.69, 9.17) is 21.1 Å². The summed E-state index contributed by atoms with van der Waals surface area (Å²) in [5.74, 6) is 0.403. The fraction of sp³-hybridized carbons (Fsp3) is 0.538. The van der Waals surface area contributed by atoms with Crippen LogP contribution in [0.15, 0.2) is 12.3 Å². The Bertz CT molecular complexity index is 435. The Balaban J connectivity index is 2.84. The fourth-order valence-corrected chi connectivity index (χ4v) is 1.90. The minimum atomic E-state index is -0.142. The molecule has 1 heterocycles. The van der Waals surface area contributed by atoms with Gasteiger partial charge in [-0.15, -0.1) is 0 Å². The van der Waals surface area contributed by atoms with Gasteiger partial charge in [0.05, 0.1) is 23.8 Å². The predicted molar refractivity (Wildman–Crippen MR) is 78.4 cm³/mol. The van der Waals surface area contributed by atoms with Gasteiger partial charge in [0.25, 0.3) is 5.91 Å². The standard InChI is InChI=1S/C13H20ClN3O3/c1-15-12-11(14)8-10(9-16-12)13(18)17(4-6-19-2)5-7-20-3/h8-9H,4-7H2,1-3H3,(H,15,16). The van der Waals surface area contributed by atoms with E-state index in [1.54, 1.807) is 32.2 Å². The summed E-state index contributed by atoms with van der Waals surface area (Å²) in [7, 11) is 4.91. The Hall–Kier alpha value is -1.37. The highest BCUT2D eigenvalue weighted by atomic mass is 35.5. The number of pyridine rings is 1. The number of carbonyl (C=O) groups excluding carboxylic acids is 1. The lowest BCUT2D eigenvalue weighted by Crippen LogP contribution is -2.36. The second kappa shape index (κ2) is 8.73. The highest BCUT2D eigenvalue weighted by molar-refractivity contribution is 6.33. The zero-order chi connectivity index (χ0) is 15.0. The summed E-state index contributed by atoms with van der Waals surface area (Å²) >= 11 is 6.04. The lowest BCUT2D eigenvalue weighted by Gasteiger charge is -2.22. The van der Waals surface area contributed by atoms with Crippen LogP contribution in [0.2, 0.25) is 5.02 Å². The van der Waals surface area contributed by atoms with Gasteiger partial charge in [-0.2, -0.15) is 0 Å².